The summed E-state index contributed by atoms with van der Waals surface area (Å²) in [6.45, 7) is 4.92. The van der Waals surface area contributed by atoms with E-state index in [1.807, 2.05) is 12.1 Å². The van der Waals surface area contributed by atoms with E-state index in [1.165, 1.54) is 38.5 Å². The molecule has 0 aliphatic heterocycles. The number of furan rings is 1. The van der Waals surface area contributed by atoms with Crippen molar-refractivity contribution in [2.45, 2.75) is 58.8 Å². The minimum atomic E-state index is 0.212. The summed E-state index contributed by atoms with van der Waals surface area (Å²) in [7, 11) is 0. The van der Waals surface area contributed by atoms with E-state index >= 15 is 0 Å². The quantitative estimate of drug-likeness (QED) is 0.736. The standard InChI is InChI=1S/C18H24O2/c1-16-6-13-7-17(2,10-16)12-18(8-13,11-16)9-14(19)15-4-3-5-20-15/h3-5,13H,6-12H2,1-2H3. The summed E-state index contributed by atoms with van der Waals surface area (Å²) in [6.07, 6.45) is 10.2. The Hall–Kier alpha value is -1.05. The summed E-state index contributed by atoms with van der Waals surface area (Å²) >= 11 is 0. The fraction of sp³-hybridized carbons (Fsp3) is 0.722. The summed E-state index contributed by atoms with van der Waals surface area (Å²) in [5.41, 5.74) is 1.22. The minimum Gasteiger partial charge on any atom is -0.461 e. The molecule has 0 spiro atoms. The number of hydrogen-bond acceptors (Lipinski definition) is 2. The van der Waals surface area contributed by atoms with Crippen LogP contribution in [0.3, 0.4) is 0 Å². The second-order valence-corrected chi connectivity index (χ2v) is 8.71. The Morgan fingerprint density at radius 2 is 1.90 bits per heavy atom. The smallest absolute Gasteiger partial charge is 0.198 e. The highest BCUT2D eigenvalue weighted by Gasteiger charge is 2.60. The van der Waals surface area contributed by atoms with E-state index in [0.29, 0.717) is 23.0 Å². The molecule has 1 heterocycles. The molecule has 4 aliphatic carbocycles. The molecule has 0 aromatic carbocycles. The molecular formula is C18H24O2. The van der Waals surface area contributed by atoms with E-state index in [1.54, 1.807) is 6.26 Å². The maximum Gasteiger partial charge on any atom is 0.198 e. The number of carbonyl (C=O) groups excluding carboxylic acids is 1. The molecule has 0 N–H and O–H groups in total. The Bertz CT molecular complexity index is 524. The van der Waals surface area contributed by atoms with Crippen molar-refractivity contribution in [3.63, 3.8) is 0 Å². The minimum absolute atomic E-state index is 0.212. The van der Waals surface area contributed by atoms with E-state index in [-0.39, 0.29) is 11.2 Å². The van der Waals surface area contributed by atoms with Gasteiger partial charge in [-0.05, 0) is 72.8 Å². The number of rotatable bonds is 3. The third-order valence-electron chi connectivity index (χ3n) is 6.07. The maximum absolute atomic E-state index is 12.5. The molecule has 0 radical (unpaired) electrons. The van der Waals surface area contributed by atoms with E-state index in [9.17, 15) is 4.79 Å². The van der Waals surface area contributed by atoms with Crippen LogP contribution in [0.5, 0.6) is 0 Å². The van der Waals surface area contributed by atoms with Crippen LogP contribution in [0.15, 0.2) is 22.8 Å². The zero-order valence-corrected chi connectivity index (χ0v) is 12.6. The van der Waals surface area contributed by atoms with Crippen molar-refractivity contribution in [2.24, 2.45) is 22.2 Å². The number of Topliss-reactive ketones (excluding diaryl/α,β-unsaturated/α-hetero) is 1. The lowest BCUT2D eigenvalue weighted by atomic mass is 9.39. The molecule has 2 atom stereocenters. The predicted octanol–water partition coefficient (Wildman–Crippen LogP) is 4.85. The van der Waals surface area contributed by atoms with Crippen LogP contribution in [-0.2, 0) is 0 Å². The largest absolute Gasteiger partial charge is 0.461 e. The van der Waals surface area contributed by atoms with Gasteiger partial charge in [0.05, 0.1) is 6.26 Å². The topological polar surface area (TPSA) is 30.2 Å². The Balaban J connectivity index is 1.63. The van der Waals surface area contributed by atoms with E-state index < -0.39 is 0 Å². The normalized spacial score (nSPS) is 45.8. The van der Waals surface area contributed by atoms with Crippen molar-refractivity contribution in [2.75, 3.05) is 0 Å². The summed E-state index contributed by atoms with van der Waals surface area (Å²) in [5, 5.41) is 0. The van der Waals surface area contributed by atoms with E-state index in [2.05, 4.69) is 13.8 Å². The first-order valence-corrected chi connectivity index (χ1v) is 7.96. The van der Waals surface area contributed by atoms with Crippen molar-refractivity contribution in [1.82, 2.24) is 0 Å². The number of hydrogen-bond donors (Lipinski definition) is 0. The fourth-order valence-electron chi connectivity index (χ4n) is 6.75. The monoisotopic (exact) mass is 272 g/mol. The number of carbonyl (C=O) groups is 1. The number of ketones is 1. The van der Waals surface area contributed by atoms with Crippen LogP contribution < -0.4 is 0 Å². The van der Waals surface area contributed by atoms with Gasteiger partial charge in [0, 0.05) is 6.42 Å². The van der Waals surface area contributed by atoms with Crippen LogP contribution in [0.25, 0.3) is 0 Å². The molecular weight excluding hydrogens is 248 g/mol. The molecule has 1 aromatic heterocycles. The molecule has 0 amide bonds. The lowest BCUT2D eigenvalue weighted by Crippen LogP contribution is -2.55. The molecule has 1 aromatic rings. The van der Waals surface area contributed by atoms with Crippen molar-refractivity contribution in [1.29, 1.82) is 0 Å². The van der Waals surface area contributed by atoms with Crippen molar-refractivity contribution >= 4 is 5.78 Å². The van der Waals surface area contributed by atoms with Gasteiger partial charge in [0.2, 0.25) is 0 Å². The molecule has 5 rings (SSSR count). The Kier molecular flexibility index (Phi) is 2.39. The average molecular weight is 272 g/mol. The van der Waals surface area contributed by atoms with Crippen LogP contribution in [-0.4, -0.2) is 5.78 Å². The van der Waals surface area contributed by atoms with Gasteiger partial charge in [0.15, 0.2) is 11.5 Å². The molecule has 108 valence electrons. The van der Waals surface area contributed by atoms with Gasteiger partial charge in [-0.15, -0.1) is 0 Å². The second-order valence-electron chi connectivity index (χ2n) is 8.71. The zero-order chi connectivity index (χ0) is 14.0. The van der Waals surface area contributed by atoms with Gasteiger partial charge < -0.3 is 4.42 Å². The first-order chi connectivity index (χ1) is 9.40. The third-order valence-corrected chi connectivity index (χ3v) is 6.07. The van der Waals surface area contributed by atoms with Gasteiger partial charge >= 0.3 is 0 Å². The summed E-state index contributed by atoms with van der Waals surface area (Å²) in [6, 6.07) is 3.63. The molecule has 4 saturated carbocycles. The van der Waals surface area contributed by atoms with Gasteiger partial charge in [0.25, 0.3) is 0 Å². The van der Waals surface area contributed by atoms with Gasteiger partial charge in [-0.2, -0.15) is 0 Å². The van der Waals surface area contributed by atoms with E-state index in [4.69, 9.17) is 4.42 Å². The Morgan fingerprint density at radius 3 is 2.45 bits per heavy atom. The second kappa shape index (κ2) is 3.78. The van der Waals surface area contributed by atoms with Crippen LogP contribution in [0.1, 0.15) is 69.3 Å². The highest BCUT2D eigenvalue weighted by molar-refractivity contribution is 5.93. The van der Waals surface area contributed by atoms with Gasteiger partial charge in [0.1, 0.15) is 0 Å². The Morgan fingerprint density at radius 1 is 1.20 bits per heavy atom. The molecule has 2 heteroatoms. The maximum atomic E-state index is 12.5. The van der Waals surface area contributed by atoms with Crippen molar-refractivity contribution in [3.05, 3.63) is 24.2 Å². The molecule has 2 nitrogen and oxygen atoms in total. The van der Waals surface area contributed by atoms with Crippen LogP contribution >= 0.6 is 0 Å². The molecule has 20 heavy (non-hydrogen) atoms. The van der Waals surface area contributed by atoms with Crippen LogP contribution in [0.4, 0.5) is 0 Å². The van der Waals surface area contributed by atoms with Gasteiger partial charge in [-0.25, -0.2) is 0 Å². The lowest BCUT2D eigenvalue weighted by molar-refractivity contribution is -0.143. The summed E-state index contributed by atoms with van der Waals surface area (Å²) in [4.78, 5) is 12.5. The Labute approximate surface area is 120 Å². The summed E-state index contributed by atoms with van der Waals surface area (Å²) < 4.78 is 5.31. The van der Waals surface area contributed by atoms with Gasteiger partial charge in [-0.1, -0.05) is 13.8 Å². The average Bonchev–Trinajstić information content (AvgIpc) is 2.75. The van der Waals surface area contributed by atoms with Crippen LogP contribution in [0, 0.1) is 22.2 Å². The molecule has 4 fully saturated rings. The lowest BCUT2D eigenvalue weighted by Gasteiger charge is -2.65. The zero-order valence-electron chi connectivity index (χ0n) is 12.6. The third kappa shape index (κ3) is 1.88. The van der Waals surface area contributed by atoms with E-state index in [0.717, 1.165) is 5.92 Å². The molecule has 2 unspecified atom stereocenters. The molecule has 4 aliphatic rings. The molecule has 0 saturated heterocycles. The van der Waals surface area contributed by atoms with Crippen molar-refractivity contribution < 1.29 is 9.21 Å². The highest BCUT2D eigenvalue weighted by Crippen LogP contribution is 2.70. The molecule has 4 bridgehead atoms. The summed E-state index contributed by atoms with van der Waals surface area (Å²) in [5.74, 6) is 1.62. The first kappa shape index (κ1) is 12.7. The predicted molar refractivity (Wildman–Crippen MR) is 77.5 cm³/mol. The van der Waals surface area contributed by atoms with Crippen LogP contribution in [0.2, 0.25) is 0 Å². The fourth-order valence-corrected chi connectivity index (χ4v) is 6.75. The first-order valence-electron chi connectivity index (χ1n) is 7.96. The van der Waals surface area contributed by atoms with Gasteiger partial charge in [-0.3, -0.25) is 4.79 Å². The highest BCUT2D eigenvalue weighted by atomic mass is 16.3. The SMILES string of the molecule is CC12CC3CC(C)(C1)CC(CC(=O)c1ccco1)(C3)C2. The van der Waals surface area contributed by atoms with Crippen molar-refractivity contribution in [3.8, 4) is 0 Å².